The lowest BCUT2D eigenvalue weighted by atomic mass is 9.64. The molecule has 0 unspecified atom stereocenters. The molecule has 4 heterocycles. The fraction of sp³-hybridized carbons (Fsp3) is 0.577. The molecule has 3 aliphatic rings. The lowest BCUT2D eigenvalue weighted by Gasteiger charge is -2.36. The molecule has 2 aliphatic carbocycles. The number of imidazole rings is 1. The van der Waals surface area contributed by atoms with Crippen molar-refractivity contribution in [1.82, 2.24) is 29.6 Å². The Morgan fingerprint density at radius 3 is 2.83 bits per heavy atom. The fourth-order valence-electron chi connectivity index (χ4n) is 6.26. The van der Waals surface area contributed by atoms with Gasteiger partial charge in [0.2, 0.25) is 5.88 Å². The van der Waals surface area contributed by atoms with Crippen molar-refractivity contribution < 1.29 is 18.4 Å². The van der Waals surface area contributed by atoms with Gasteiger partial charge in [0.25, 0.3) is 0 Å². The first kappa shape index (κ1) is 23.3. The largest absolute Gasteiger partial charge is 0.473 e. The Morgan fingerprint density at radius 1 is 1.22 bits per heavy atom. The van der Waals surface area contributed by atoms with Crippen molar-refractivity contribution in [2.24, 2.45) is 0 Å². The topological polar surface area (TPSA) is 99.2 Å². The summed E-state index contributed by atoms with van der Waals surface area (Å²) in [7, 11) is 1.91. The van der Waals surface area contributed by atoms with E-state index in [9.17, 15) is 9.18 Å². The van der Waals surface area contributed by atoms with Gasteiger partial charge in [-0.15, -0.1) is 0 Å². The van der Waals surface area contributed by atoms with Gasteiger partial charge in [0.1, 0.15) is 30.2 Å². The highest BCUT2D eigenvalue weighted by atomic mass is 19.1. The van der Waals surface area contributed by atoms with Crippen molar-refractivity contribution >= 4 is 5.78 Å². The summed E-state index contributed by atoms with van der Waals surface area (Å²) in [4.78, 5) is 28.7. The number of nitrogens with zero attached hydrogens (tertiary/aromatic N) is 6. The fourth-order valence-corrected chi connectivity index (χ4v) is 6.26. The van der Waals surface area contributed by atoms with Crippen LogP contribution in [0.1, 0.15) is 63.2 Å². The van der Waals surface area contributed by atoms with Crippen LogP contribution in [-0.2, 0) is 16.6 Å². The molecule has 0 amide bonds. The minimum Gasteiger partial charge on any atom is -0.473 e. The van der Waals surface area contributed by atoms with Crippen molar-refractivity contribution in [3.05, 3.63) is 36.1 Å². The summed E-state index contributed by atoms with van der Waals surface area (Å²) in [6.07, 6.45) is 10.2. The van der Waals surface area contributed by atoms with Crippen molar-refractivity contribution in [3.8, 4) is 23.2 Å². The lowest BCUT2D eigenvalue weighted by Crippen LogP contribution is -2.41. The molecule has 3 aromatic heterocycles. The zero-order valence-corrected chi connectivity index (χ0v) is 20.7. The highest BCUT2D eigenvalue weighted by molar-refractivity contribution is 5.91. The van der Waals surface area contributed by atoms with Crippen LogP contribution >= 0.6 is 0 Å². The van der Waals surface area contributed by atoms with E-state index in [-0.39, 0.29) is 17.9 Å². The van der Waals surface area contributed by atoms with E-state index in [4.69, 9.17) is 19.2 Å². The van der Waals surface area contributed by atoms with Crippen molar-refractivity contribution in [2.45, 2.75) is 82.0 Å². The number of hydrogen-bond acceptors (Lipinski definition) is 8. The first-order valence-electron chi connectivity index (χ1n) is 12.9. The summed E-state index contributed by atoms with van der Waals surface area (Å²) in [6, 6.07) is 1.70. The molecule has 4 atom stereocenters. The van der Waals surface area contributed by atoms with Crippen LogP contribution in [0.4, 0.5) is 4.39 Å². The molecular weight excluding hydrogens is 463 g/mol. The van der Waals surface area contributed by atoms with E-state index in [0.29, 0.717) is 48.4 Å². The molecule has 6 rings (SSSR count). The molecular formula is C26H31FN6O3. The van der Waals surface area contributed by atoms with Gasteiger partial charge in [-0.3, -0.25) is 14.3 Å². The second-order valence-electron chi connectivity index (χ2n) is 10.4. The minimum atomic E-state index is -0.856. The Kier molecular flexibility index (Phi) is 5.86. The number of carbonyl (C=O) groups is 1. The van der Waals surface area contributed by atoms with Crippen molar-refractivity contribution in [3.63, 3.8) is 0 Å². The summed E-state index contributed by atoms with van der Waals surface area (Å²) >= 11 is 0. The van der Waals surface area contributed by atoms with Crippen LogP contribution in [-0.4, -0.2) is 67.3 Å². The number of likely N-dealkylation sites (N-methyl/N-ethyl adjacent to an activating group) is 1. The number of carbonyl (C=O) groups excluding carboxylic acids is 1. The molecule has 1 aliphatic heterocycles. The number of aromatic nitrogens is 5. The number of hydrogen-bond donors (Lipinski definition) is 0. The van der Waals surface area contributed by atoms with Gasteiger partial charge in [0.15, 0.2) is 17.3 Å². The Labute approximate surface area is 209 Å². The van der Waals surface area contributed by atoms with Crippen LogP contribution in [0.25, 0.3) is 17.3 Å². The minimum absolute atomic E-state index is 0.0490. The Balaban J connectivity index is 1.39. The molecule has 0 radical (unpaired) electrons. The average molecular weight is 495 g/mol. The predicted octanol–water partition coefficient (Wildman–Crippen LogP) is 3.84. The van der Waals surface area contributed by atoms with Gasteiger partial charge in [-0.05, 0) is 52.5 Å². The number of Topliss-reactive ketones (excluding diaryl/α,β-unsaturated/α-hetero) is 1. The second kappa shape index (κ2) is 9.06. The summed E-state index contributed by atoms with van der Waals surface area (Å²) < 4.78 is 27.9. The third kappa shape index (κ3) is 3.91. The standard InChI is InChI=1S/C26H31FN6O3/c1-16(19-12-17(27)14-32(19)2)35-22-13-21(33-11-10-28-15-33)29-25(30-22)23-18-6-5-9-26(24(18)36-31-23)8-4-3-7-20(26)34/h10-11,13,15-17,19H,3-9,12,14H2,1-2H3/t16-,17+,19-,26+/m0/s1. The number of likely N-dealkylation sites (tertiary alicyclic amines) is 1. The highest BCUT2D eigenvalue weighted by Crippen LogP contribution is 2.47. The molecule has 0 bridgehead atoms. The van der Waals surface area contributed by atoms with E-state index in [1.807, 2.05) is 18.9 Å². The zero-order valence-electron chi connectivity index (χ0n) is 20.7. The van der Waals surface area contributed by atoms with Gasteiger partial charge in [-0.2, -0.15) is 4.98 Å². The number of fused-ring (bicyclic) bond motifs is 2. The van der Waals surface area contributed by atoms with Gasteiger partial charge in [0.05, 0.1) is 5.41 Å². The maximum Gasteiger partial charge on any atom is 0.219 e. The molecule has 1 saturated heterocycles. The third-order valence-corrected chi connectivity index (χ3v) is 8.11. The average Bonchev–Trinajstić information content (AvgIpc) is 3.61. The molecule has 9 nitrogen and oxygen atoms in total. The highest BCUT2D eigenvalue weighted by Gasteiger charge is 2.48. The van der Waals surface area contributed by atoms with E-state index in [0.717, 1.165) is 44.1 Å². The van der Waals surface area contributed by atoms with Crippen LogP contribution in [0.15, 0.2) is 29.3 Å². The van der Waals surface area contributed by atoms with Gasteiger partial charge < -0.3 is 9.26 Å². The summed E-state index contributed by atoms with van der Waals surface area (Å²) in [5, 5.41) is 4.40. The summed E-state index contributed by atoms with van der Waals surface area (Å²) in [6.45, 7) is 2.34. The smallest absolute Gasteiger partial charge is 0.219 e. The van der Waals surface area contributed by atoms with Gasteiger partial charge in [0, 0.05) is 43.0 Å². The zero-order chi connectivity index (χ0) is 24.9. The van der Waals surface area contributed by atoms with Gasteiger partial charge in [-0.25, -0.2) is 14.4 Å². The molecule has 10 heteroatoms. The lowest BCUT2D eigenvalue weighted by molar-refractivity contribution is -0.128. The van der Waals surface area contributed by atoms with Crippen LogP contribution in [0.5, 0.6) is 5.88 Å². The van der Waals surface area contributed by atoms with E-state index in [1.165, 1.54) is 0 Å². The first-order valence-corrected chi connectivity index (χ1v) is 12.9. The number of ketones is 1. The van der Waals surface area contributed by atoms with Crippen LogP contribution in [0, 0.1) is 0 Å². The summed E-state index contributed by atoms with van der Waals surface area (Å²) in [5.41, 5.74) is 0.917. The van der Waals surface area contributed by atoms with E-state index in [1.54, 1.807) is 29.4 Å². The van der Waals surface area contributed by atoms with E-state index < -0.39 is 11.6 Å². The molecule has 0 aromatic carbocycles. The number of alkyl halides is 1. The maximum absolute atomic E-state index is 14.0. The number of rotatable bonds is 5. The Bertz CT molecular complexity index is 1260. The molecule has 1 saturated carbocycles. The first-order chi connectivity index (χ1) is 17.4. The second-order valence-corrected chi connectivity index (χ2v) is 10.4. The van der Waals surface area contributed by atoms with Gasteiger partial charge in [-0.1, -0.05) is 11.6 Å². The van der Waals surface area contributed by atoms with Gasteiger partial charge >= 0.3 is 0 Å². The molecule has 1 spiro atoms. The van der Waals surface area contributed by atoms with E-state index >= 15 is 0 Å². The quantitative estimate of drug-likeness (QED) is 0.528. The molecule has 3 aromatic rings. The normalized spacial score (nSPS) is 27.4. The van der Waals surface area contributed by atoms with Crippen molar-refractivity contribution in [1.29, 1.82) is 0 Å². The molecule has 36 heavy (non-hydrogen) atoms. The Hall–Kier alpha value is -3.14. The monoisotopic (exact) mass is 494 g/mol. The van der Waals surface area contributed by atoms with Crippen molar-refractivity contribution in [2.75, 3.05) is 13.6 Å². The molecule has 2 fully saturated rings. The maximum atomic E-state index is 14.0. The van der Waals surface area contributed by atoms with Crippen LogP contribution in [0.3, 0.4) is 0 Å². The van der Waals surface area contributed by atoms with Crippen LogP contribution in [0.2, 0.25) is 0 Å². The number of ether oxygens (including phenoxy) is 1. The third-order valence-electron chi connectivity index (χ3n) is 8.11. The SMILES string of the molecule is C[C@H](Oc1cc(-n2ccnc2)nc(-c2noc3c2CCC[C@@]32CCCCC2=O)n1)[C@@H]1C[C@@H](F)CN1C. The van der Waals surface area contributed by atoms with Crippen LogP contribution < -0.4 is 4.74 Å². The number of halogens is 1. The predicted molar refractivity (Wildman–Crippen MR) is 129 cm³/mol. The van der Waals surface area contributed by atoms with E-state index in [2.05, 4.69) is 10.1 Å². The molecule has 190 valence electrons. The summed E-state index contributed by atoms with van der Waals surface area (Å²) in [5.74, 6) is 2.30. The Morgan fingerprint density at radius 2 is 2.08 bits per heavy atom. The molecule has 0 N–H and O–H groups in total.